The highest BCUT2D eigenvalue weighted by molar-refractivity contribution is 5.28. The van der Waals surface area contributed by atoms with Gasteiger partial charge in [0.25, 0.3) is 0 Å². The average molecular weight is 377 g/mol. The monoisotopic (exact) mass is 376 g/mol. The van der Waals surface area contributed by atoms with Gasteiger partial charge in [-0.1, -0.05) is 54.6 Å². The summed E-state index contributed by atoms with van der Waals surface area (Å²) in [6, 6.07) is 21.8. The van der Waals surface area contributed by atoms with E-state index in [0.717, 1.165) is 6.42 Å². The minimum absolute atomic E-state index is 0.611. The Morgan fingerprint density at radius 3 is 2.14 bits per heavy atom. The first-order valence-corrected chi connectivity index (χ1v) is 11.2. The Morgan fingerprint density at radius 1 is 0.786 bits per heavy atom. The molecule has 2 aromatic carbocycles. The van der Waals surface area contributed by atoms with E-state index in [-0.39, 0.29) is 0 Å². The second-order valence-corrected chi connectivity index (χ2v) is 9.26. The highest BCUT2D eigenvalue weighted by Gasteiger charge is 2.28. The Hall–Kier alpha value is -1.64. The largest absolute Gasteiger partial charge is 0.300 e. The van der Waals surface area contributed by atoms with Crippen molar-refractivity contribution in [1.82, 2.24) is 9.80 Å². The summed E-state index contributed by atoms with van der Waals surface area (Å²) in [6.07, 6.45) is 3.76. The van der Waals surface area contributed by atoms with Crippen molar-refractivity contribution >= 4 is 0 Å². The predicted molar refractivity (Wildman–Crippen MR) is 119 cm³/mol. The van der Waals surface area contributed by atoms with E-state index in [4.69, 9.17) is 0 Å². The van der Waals surface area contributed by atoms with E-state index in [0.29, 0.717) is 23.9 Å². The van der Waals surface area contributed by atoms with Crippen LogP contribution in [0.4, 0.5) is 0 Å². The maximum Gasteiger partial charge on any atom is 0.0108 e. The van der Waals surface area contributed by atoms with E-state index in [1.807, 2.05) is 0 Å². The third kappa shape index (κ3) is 4.50. The molecular formula is C26H36N2. The predicted octanol–water partition coefficient (Wildman–Crippen LogP) is 5.30. The van der Waals surface area contributed by atoms with Crippen molar-refractivity contribution in [2.45, 2.75) is 64.0 Å². The molecule has 1 unspecified atom stereocenters. The average Bonchev–Trinajstić information content (AvgIpc) is 3.39. The molecule has 0 radical (unpaired) electrons. The van der Waals surface area contributed by atoms with E-state index in [2.05, 4.69) is 85.2 Å². The Balaban J connectivity index is 1.36. The minimum atomic E-state index is 0.611. The molecule has 28 heavy (non-hydrogen) atoms. The van der Waals surface area contributed by atoms with Crippen LogP contribution in [0.25, 0.3) is 0 Å². The van der Waals surface area contributed by atoms with Crippen molar-refractivity contribution in [2.24, 2.45) is 0 Å². The molecule has 2 fully saturated rings. The summed E-state index contributed by atoms with van der Waals surface area (Å²) in [4.78, 5) is 5.31. The Morgan fingerprint density at radius 2 is 1.43 bits per heavy atom. The third-order valence-electron chi connectivity index (χ3n) is 7.02. The number of hydrogen-bond acceptors (Lipinski definition) is 2. The number of nitrogens with zero attached hydrogens (tertiary/aromatic N) is 2. The van der Waals surface area contributed by atoms with Crippen LogP contribution in [0.15, 0.2) is 54.6 Å². The van der Waals surface area contributed by atoms with Crippen molar-refractivity contribution in [1.29, 1.82) is 0 Å². The maximum absolute atomic E-state index is 2.69. The van der Waals surface area contributed by atoms with Gasteiger partial charge in [-0.05, 0) is 81.6 Å². The second kappa shape index (κ2) is 8.80. The first-order valence-electron chi connectivity index (χ1n) is 11.2. The molecule has 0 N–H and O–H groups in total. The molecule has 3 atom stereocenters. The van der Waals surface area contributed by atoms with Gasteiger partial charge in [0.15, 0.2) is 0 Å². The van der Waals surface area contributed by atoms with Gasteiger partial charge >= 0.3 is 0 Å². The molecule has 2 heteroatoms. The van der Waals surface area contributed by atoms with Gasteiger partial charge in [-0.25, -0.2) is 0 Å². The van der Waals surface area contributed by atoms with Crippen molar-refractivity contribution < 1.29 is 0 Å². The summed E-state index contributed by atoms with van der Waals surface area (Å²) in [7, 11) is 0. The summed E-state index contributed by atoms with van der Waals surface area (Å²) in [5, 5.41) is 0. The second-order valence-electron chi connectivity index (χ2n) is 9.26. The summed E-state index contributed by atoms with van der Waals surface area (Å²) >= 11 is 0. The summed E-state index contributed by atoms with van der Waals surface area (Å²) in [5.41, 5.74) is 4.57. The zero-order chi connectivity index (χ0) is 19.5. The Bertz CT molecular complexity index is 754. The summed E-state index contributed by atoms with van der Waals surface area (Å²) < 4.78 is 0. The van der Waals surface area contributed by atoms with Gasteiger partial charge < -0.3 is 4.90 Å². The zero-order valence-corrected chi connectivity index (χ0v) is 17.8. The molecule has 0 amide bonds. The fourth-order valence-electron chi connectivity index (χ4n) is 5.16. The van der Waals surface area contributed by atoms with Crippen LogP contribution < -0.4 is 0 Å². The minimum Gasteiger partial charge on any atom is -0.300 e. The van der Waals surface area contributed by atoms with Crippen LogP contribution in [0, 0.1) is 0 Å². The standard InChI is InChI=1S/C26H36N2/c1-20(2)27-14-12-26(18-27)24-11-7-8-22(17-24)16-21(3)28-15-13-25(19-28)23-9-5-4-6-10-23/h4-11,17,20-21,25-26H,12-16,18-19H2,1-3H3/t21?,25-,26+/m0/s1. The zero-order valence-electron chi connectivity index (χ0n) is 17.8. The molecule has 0 bridgehead atoms. The van der Waals surface area contributed by atoms with Crippen LogP contribution in [0.1, 0.15) is 62.1 Å². The third-order valence-corrected chi connectivity index (χ3v) is 7.02. The first kappa shape index (κ1) is 19.7. The lowest BCUT2D eigenvalue weighted by molar-refractivity contribution is 0.254. The fraction of sp³-hybridized carbons (Fsp3) is 0.538. The van der Waals surface area contributed by atoms with Crippen LogP contribution in [-0.4, -0.2) is 48.1 Å². The quantitative estimate of drug-likeness (QED) is 0.674. The SMILES string of the molecule is CC(C)N1CC[C@@H](c2cccc(CC(C)N3CC[C@H](c4ccccc4)C3)c2)C1. The van der Waals surface area contributed by atoms with Crippen molar-refractivity contribution in [2.75, 3.05) is 26.2 Å². The van der Waals surface area contributed by atoms with Crippen molar-refractivity contribution in [3.8, 4) is 0 Å². The van der Waals surface area contributed by atoms with E-state index in [9.17, 15) is 0 Å². The number of likely N-dealkylation sites (tertiary alicyclic amines) is 2. The molecule has 2 saturated heterocycles. The highest BCUT2D eigenvalue weighted by Crippen LogP contribution is 2.31. The van der Waals surface area contributed by atoms with Crippen LogP contribution in [0.3, 0.4) is 0 Å². The topological polar surface area (TPSA) is 6.48 Å². The molecule has 4 rings (SSSR count). The number of hydrogen-bond donors (Lipinski definition) is 0. The number of benzene rings is 2. The van der Waals surface area contributed by atoms with Crippen molar-refractivity contribution in [3.63, 3.8) is 0 Å². The number of rotatable bonds is 6. The van der Waals surface area contributed by atoms with Gasteiger partial charge in [-0.15, -0.1) is 0 Å². The smallest absolute Gasteiger partial charge is 0.0108 e. The van der Waals surface area contributed by atoms with Crippen LogP contribution in [-0.2, 0) is 6.42 Å². The van der Waals surface area contributed by atoms with Gasteiger partial charge in [0.05, 0.1) is 0 Å². The molecule has 0 spiro atoms. The van der Waals surface area contributed by atoms with Crippen molar-refractivity contribution in [3.05, 3.63) is 71.3 Å². The van der Waals surface area contributed by atoms with E-state index in [1.54, 1.807) is 5.56 Å². The van der Waals surface area contributed by atoms with E-state index < -0.39 is 0 Å². The molecule has 2 nitrogen and oxygen atoms in total. The molecule has 2 aliphatic rings. The fourth-order valence-corrected chi connectivity index (χ4v) is 5.16. The Kier molecular flexibility index (Phi) is 6.18. The lowest BCUT2D eigenvalue weighted by Gasteiger charge is -2.25. The van der Waals surface area contributed by atoms with Gasteiger partial charge in [0.2, 0.25) is 0 Å². The first-order chi connectivity index (χ1) is 13.6. The molecule has 2 aliphatic heterocycles. The molecule has 2 aromatic rings. The normalized spacial score (nSPS) is 24.9. The van der Waals surface area contributed by atoms with Gasteiger partial charge in [-0.3, -0.25) is 4.90 Å². The molecule has 2 heterocycles. The molecule has 150 valence electrons. The molecule has 0 aliphatic carbocycles. The van der Waals surface area contributed by atoms with Gasteiger partial charge in [0, 0.05) is 25.2 Å². The van der Waals surface area contributed by atoms with E-state index in [1.165, 1.54) is 50.1 Å². The van der Waals surface area contributed by atoms with E-state index >= 15 is 0 Å². The highest BCUT2D eigenvalue weighted by atomic mass is 15.2. The van der Waals surface area contributed by atoms with Gasteiger partial charge in [0.1, 0.15) is 0 Å². The maximum atomic E-state index is 2.69. The summed E-state index contributed by atoms with van der Waals surface area (Å²) in [5.74, 6) is 1.42. The molecule has 0 aromatic heterocycles. The molecule has 0 saturated carbocycles. The summed E-state index contributed by atoms with van der Waals surface area (Å²) in [6.45, 7) is 12.0. The van der Waals surface area contributed by atoms with Crippen LogP contribution >= 0.6 is 0 Å². The lowest BCUT2D eigenvalue weighted by Crippen LogP contribution is -2.32. The van der Waals surface area contributed by atoms with Gasteiger partial charge in [-0.2, -0.15) is 0 Å². The van der Waals surface area contributed by atoms with Crippen LogP contribution in [0.2, 0.25) is 0 Å². The van der Waals surface area contributed by atoms with Crippen LogP contribution in [0.5, 0.6) is 0 Å². The Labute approximate surface area is 171 Å². The lowest BCUT2D eigenvalue weighted by atomic mass is 9.94. The molecular weight excluding hydrogens is 340 g/mol.